The molecule has 20 heavy (non-hydrogen) atoms. The second-order valence-corrected chi connectivity index (χ2v) is 4.39. The van der Waals surface area contributed by atoms with Gasteiger partial charge < -0.3 is 14.3 Å². The summed E-state index contributed by atoms with van der Waals surface area (Å²) >= 11 is 0. The maximum Gasteiger partial charge on any atom is 0.119 e. The minimum atomic E-state index is 0.427. The van der Waals surface area contributed by atoms with Crippen molar-refractivity contribution in [1.29, 1.82) is 0 Å². The first kappa shape index (κ1) is 16.2. The number of hydrogen-bond acceptors (Lipinski definition) is 4. The van der Waals surface area contributed by atoms with Crippen molar-refractivity contribution in [2.75, 3.05) is 26.9 Å². The van der Waals surface area contributed by atoms with Crippen molar-refractivity contribution in [2.45, 2.75) is 19.8 Å². The van der Waals surface area contributed by atoms with E-state index in [1.54, 1.807) is 6.08 Å². The van der Waals surface area contributed by atoms with E-state index in [4.69, 9.17) is 9.47 Å². The molecule has 0 spiro atoms. The highest BCUT2D eigenvalue weighted by Gasteiger charge is 1.97. The number of benzene rings is 1. The quantitative estimate of drug-likeness (QED) is 0.374. The van der Waals surface area contributed by atoms with Gasteiger partial charge in [0.2, 0.25) is 0 Å². The van der Waals surface area contributed by atoms with Gasteiger partial charge in [-0.05, 0) is 38.0 Å². The lowest BCUT2D eigenvalue weighted by Gasteiger charge is -2.07. The fourth-order valence-electron chi connectivity index (χ4n) is 1.55. The third-order valence-corrected chi connectivity index (χ3v) is 2.67. The lowest BCUT2D eigenvalue weighted by atomic mass is 10.2. The van der Waals surface area contributed by atoms with Gasteiger partial charge in [0.1, 0.15) is 18.6 Å². The molecule has 0 saturated carbocycles. The number of unbranched alkanes of at least 4 members (excludes halogenated alkanes) is 1. The van der Waals surface area contributed by atoms with E-state index in [-0.39, 0.29) is 0 Å². The highest BCUT2D eigenvalue weighted by molar-refractivity contribution is 5.95. The highest BCUT2D eigenvalue weighted by Crippen LogP contribution is 2.11. The van der Waals surface area contributed by atoms with Crippen LogP contribution < -0.4 is 4.74 Å². The molecule has 0 unspecified atom stereocenters. The van der Waals surface area contributed by atoms with E-state index < -0.39 is 0 Å². The van der Waals surface area contributed by atoms with Crippen LogP contribution in [-0.2, 0) is 9.57 Å². The molecular weight excluding hydrogens is 254 g/mol. The van der Waals surface area contributed by atoms with Crippen molar-refractivity contribution in [3.05, 3.63) is 42.5 Å². The molecule has 0 fully saturated rings. The molecule has 0 aliphatic carbocycles. The Balaban J connectivity index is 2.03. The first-order valence-electron chi connectivity index (χ1n) is 6.76. The van der Waals surface area contributed by atoms with Gasteiger partial charge in [-0.25, -0.2) is 0 Å². The van der Waals surface area contributed by atoms with Gasteiger partial charge in [-0.3, -0.25) is 0 Å². The van der Waals surface area contributed by atoms with Crippen molar-refractivity contribution in [3.63, 3.8) is 0 Å². The van der Waals surface area contributed by atoms with Crippen LogP contribution in [0.2, 0.25) is 0 Å². The molecule has 1 aromatic carbocycles. The van der Waals surface area contributed by atoms with Crippen molar-refractivity contribution in [3.8, 4) is 5.75 Å². The summed E-state index contributed by atoms with van der Waals surface area (Å²) in [6.45, 7) is 7.50. The van der Waals surface area contributed by atoms with Gasteiger partial charge in [0, 0.05) is 6.61 Å². The zero-order valence-electron chi connectivity index (χ0n) is 12.3. The minimum Gasteiger partial charge on any atom is -0.494 e. The van der Waals surface area contributed by atoms with Crippen molar-refractivity contribution < 1.29 is 14.3 Å². The largest absolute Gasteiger partial charge is 0.494 e. The van der Waals surface area contributed by atoms with Crippen LogP contribution in [0.1, 0.15) is 18.4 Å². The van der Waals surface area contributed by atoms with Crippen molar-refractivity contribution in [2.24, 2.45) is 5.16 Å². The zero-order valence-corrected chi connectivity index (χ0v) is 12.3. The molecule has 4 nitrogen and oxygen atoms in total. The Bertz CT molecular complexity index is 412. The molecule has 0 bridgehead atoms. The topological polar surface area (TPSA) is 40.0 Å². The van der Waals surface area contributed by atoms with E-state index in [2.05, 4.69) is 23.5 Å². The number of hydrogen-bond donors (Lipinski definition) is 0. The second kappa shape index (κ2) is 10.0. The maximum atomic E-state index is 5.63. The minimum absolute atomic E-state index is 0.427. The highest BCUT2D eigenvalue weighted by atomic mass is 16.6. The second-order valence-electron chi connectivity index (χ2n) is 4.39. The molecule has 1 aromatic rings. The van der Waals surface area contributed by atoms with E-state index >= 15 is 0 Å². The first-order valence-corrected chi connectivity index (χ1v) is 6.76. The van der Waals surface area contributed by atoms with Crippen LogP contribution in [0.25, 0.3) is 0 Å². The Hall–Kier alpha value is -1.81. The average molecular weight is 277 g/mol. The maximum absolute atomic E-state index is 5.63. The van der Waals surface area contributed by atoms with Crippen LogP contribution in [0.15, 0.2) is 42.1 Å². The van der Waals surface area contributed by atoms with Crippen LogP contribution in [0.4, 0.5) is 0 Å². The van der Waals surface area contributed by atoms with Crippen LogP contribution in [0.5, 0.6) is 5.75 Å². The summed E-state index contributed by atoms with van der Waals surface area (Å²) in [5, 5.41) is 3.77. The van der Waals surface area contributed by atoms with Crippen molar-refractivity contribution in [1.82, 2.24) is 0 Å². The monoisotopic (exact) mass is 277 g/mol. The summed E-state index contributed by atoms with van der Waals surface area (Å²) in [5.41, 5.74) is 1.94. The molecule has 0 N–H and O–H groups in total. The number of nitrogens with zero attached hydrogens (tertiary/aromatic N) is 1. The lowest BCUT2D eigenvalue weighted by molar-refractivity contribution is 0.154. The van der Waals surface area contributed by atoms with E-state index in [9.17, 15) is 0 Å². The number of rotatable bonds is 10. The van der Waals surface area contributed by atoms with Crippen LogP contribution >= 0.6 is 0 Å². The lowest BCUT2D eigenvalue weighted by Crippen LogP contribution is -2.08. The molecular formula is C16H23NO3. The number of oxime groups is 1. The molecule has 1 rings (SSSR count). The van der Waals surface area contributed by atoms with Gasteiger partial charge in [-0.2, -0.15) is 0 Å². The average Bonchev–Trinajstić information content (AvgIpc) is 2.47. The van der Waals surface area contributed by atoms with Gasteiger partial charge in [0.15, 0.2) is 0 Å². The normalized spacial score (nSPS) is 11.2. The van der Waals surface area contributed by atoms with Gasteiger partial charge >= 0.3 is 0 Å². The third-order valence-electron chi connectivity index (χ3n) is 2.67. The van der Waals surface area contributed by atoms with Gasteiger partial charge in [0.25, 0.3) is 0 Å². The smallest absolute Gasteiger partial charge is 0.119 e. The van der Waals surface area contributed by atoms with E-state index in [1.165, 1.54) is 12.7 Å². The Morgan fingerprint density at radius 1 is 1.20 bits per heavy atom. The first-order chi connectivity index (χ1) is 9.76. The molecule has 0 aliphatic rings. The third kappa shape index (κ3) is 6.95. The fourth-order valence-corrected chi connectivity index (χ4v) is 1.55. The SMILES string of the molecule is C=C/C(COCCCCOc1ccc(C)cc1)=N\OC. The molecule has 0 amide bonds. The van der Waals surface area contributed by atoms with E-state index in [1.807, 2.05) is 24.3 Å². The summed E-state index contributed by atoms with van der Waals surface area (Å²) in [7, 11) is 1.51. The molecule has 0 atom stereocenters. The molecule has 0 saturated heterocycles. The molecule has 0 heterocycles. The molecule has 0 aromatic heterocycles. The summed E-state index contributed by atoms with van der Waals surface area (Å²) in [6, 6.07) is 8.07. The predicted octanol–water partition coefficient (Wildman–Crippen LogP) is 3.36. The van der Waals surface area contributed by atoms with E-state index in [0.29, 0.717) is 25.5 Å². The Morgan fingerprint density at radius 2 is 1.90 bits per heavy atom. The van der Waals surface area contributed by atoms with Gasteiger partial charge in [0.05, 0.1) is 13.2 Å². The van der Waals surface area contributed by atoms with Gasteiger partial charge in [-0.1, -0.05) is 29.4 Å². The Kier molecular flexibility index (Phi) is 8.15. The molecule has 0 radical (unpaired) electrons. The van der Waals surface area contributed by atoms with E-state index in [0.717, 1.165) is 18.6 Å². The summed E-state index contributed by atoms with van der Waals surface area (Å²) < 4.78 is 11.1. The number of ether oxygens (including phenoxy) is 2. The van der Waals surface area contributed by atoms with Crippen LogP contribution in [0.3, 0.4) is 0 Å². The predicted molar refractivity (Wildman–Crippen MR) is 81.4 cm³/mol. The molecule has 0 aliphatic heterocycles. The van der Waals surface area contributed by atoms with Crippen LogP contribution in [0, 0.1) is 6.92 Å². The van der Waals surface area contributed by atoms with Crippen LogP contribution in [-0.4, -0.2) is 32.6 Å². The Labute approximate surface area is 121 Å². The zero-order chi connectivity index (χ0) is 14.6. The summed E-state index contributed by atoms with van der Waals surface area (Å²) in [4.78, 5) is 4.66. The fraction of sp³-hybridized carbons (Fsp3) is 0.438. The summed E-state index contributed by atoms with van der Waals surface area (Å²) in [5.74, 6) is 0.915. The summed E-state index contributed by atoms with van der Waals surface area (Å²) in [6.07, 6.45) is 3.53. The van der Waals surface area contributed by atoms with Crippen molar-refractivity contribution >= 4 is 5.71 Å². The molecule has 110 valence electrons. The van der Waals surface area contributed by atoms with Gasteiger partial charge in [-0.15, -0.1) is 0 Å². The Morgan fingerprint density at radius 3 is 2.55 bits per heavy atom. The standard InChI is InChI=1S/C16H23NO3/c1-4-15(17-18-3)13-19-11-5-6-12-20-16-9-7-14(2)8-10-16/h4,7-10H,1,5-6,11-13H2,2-3H3/b17-15+. The molecule has 4 heteroatoms. The number of aryl methyl sites for hydroxylation is 1.